The molecule has 2 aromatic carbocycles. The van der Waals surface area contributed by atoms with Crippen molar-refractivity contribution < 1.29 is 19.2 Å². The molecule has 0 amide bonds. The molecule has 0 heterocycles. The molecular formula is C14H11FN2O4. The van der Waals surface area contributed by atoms with Crippen LogP contribution in [0.25, 0.3) is 0 Å². The lowest BCUT2D eigenvalue weighted by molar-refractivity contribution is -0.385. The van der Waals surface area contributed by atoms with Gasteiger partial charge in [-0.3, -0.25) is 10.1 Å². The summed E-state index contributed by atoms with van der Waals surface area (Å²) in [5, 5.41) is 22.6. The summed E-state index contributed by atoms with van der Waals surface area (Å²) in [5.41, 5.74) is -0.158. The Morgan fingerprint density at radius 1 is 1.29 bits per heavy atom. The molecule has 0 fully saturated rings. The van der Waals surface area contributed by atoms with E-state index in [0.29, 0.717) is 11.3 Å². The Balaban J connectivity index is 2.22. The minimum atomic E-state index is -1.37. The number of carboxylic acids is 1. The summed E-state index contributed by atoms with van der Waals surface area (Å²) < 4.78 is 13.4. The largest absolute Gasteiger partial charge is 0.477 e. The molecule has 108 valence electrons. The van der Waals surface area contributed by atoms with Crippen LogP contribution < -0.4 is 5.32 Å². The van der Waals surface area contributed by atoms with Crippen LogP contribution in [0.1, 0.15) is 15.9 Å². The minimum absolute atomic E-state index is 0.135. The number of carbonyl (C=O) groups is 1. The van der Waals surface area contributed by atoms with Crippen molar-refractivity contribution >= 4 is 17.3 Å². The summed E-state index contributed by atoms with van der Waals surface area (Å²) in [6.07, 6.45) is 0. The van der Waals surface area contributed by atoms with Gasteiger partial charge in [0, 0.05) is 23.9 Å². The maximum Gasteiger partial charge on any atom is 0.342 e. The van der Waals surface area contributed by atoms with Crippen LogP contribution in [0.2, 0.25) is 0 Å². The monoisotopic (exact) mass is 290 g/mol. The first-order chi connectivity index (χ1) is 9.99. The predicted octanol–water partition coefficient (Wildman–Crippen LogP) is 3.04. The van der Waals surface area contributed by atoms with E-state index in [4.69, 9.17) is 5.11 Å². The molecule has 2 rings (SSSR count). The number of nitro benzene ring substituents is 1. The number of nitrogens with one attached hydrogen (secondary N) is 1. The molecule has 6 nitrogen and oxygen atoms in total. The van der Waals surface area contributed by atoms with Crippen molar-refractivity contribution in [1.82, 2.24) is 0 Å². The highest BCUT2D eigenvalue weighted by Crippen LogP contribution is 2.23. The first-order valence-corrected chi connectivity index (χ1v) is 5.98. The Hall–Kier alpha value is -2.96. The van der Waals surface area contributed by atoms with Crippen molar-refractivity contribution in [2.45, 2.75) is 6.54 Å². The van der Waals surface area contributed by atoms with E-state index < -0.39 is 22.1 Å². The van der Waals surface area contributed by atoms with Crippen molar-refractivity contribution in [3.8, 4) is 0 Å². The fourth-order valence-electron chi connectivity index (χ4n) is 1.81. The Bertz CT molecular complexity index is 703. The maximum atomic E-state index is 13.4. The number of carboxylic acid groups (broad SMARTS) is 1. The van der Waals surface area contributed by atoms with E-state index in [0.717, 1.165) is 12.1 Å². The first-order valence-electron chi connectivity index (χ1n) is 5.98. The second-order valence-corrected chi connectivity index (χ2v) is 4.24. The van der Waals surface area contributed by atoms with Crippen LogP contribution in [0.3, 0.4) is 0 Å². The highest BCUT2D eigenvalue weighted by atomic mass is 19.1. The molecule has 0 saturated carbocycles. The highest BCUT2D eigenvalue weighted by Gasteiger charge is 2.20. The number of hydrogen-bond acceptors (Lipinski definition) is 4. The maximum absolute atomic E-state index is 13.4. The average molecular weight is 290 g/mol. The molecular weight excluding hydrogens is 279 g/mol. The number of nitrogens with zero attached hydrogens (tertiary/aromatic N) is 1. The van der Waals surface area contributed by atoms with Crippen LogP contribution >= 0.6 is 0 Å². The van der Waals surface area contributed by atoms with E-state index in [1.165, 1.54) is 12.1 Å². The molecule has 7 heteroatoms. The Morgan fingerprint density at radius 2 is 2.00 bits per heavy atom. The summed E-state index contributed by atoms with van der Waals surface area (Å²) in [5.74, 6) is -1.76. The van der Waals surface area contributed by atoms with Gasteiger partial charge < -0.3 is 10.4 Å². The summed E-state index contributed by atoms with van der Waals surface area (Å²) in [4.78, 5) is 21.0. The molecule has 0 spiro atoms. The fraction of sp³-hybridized carbons (Fsp3) is 0.0714. The van der Waals surface area contributed by atoms with E-state index in [1.807, 2.05) is 0 Å². The Morgan fingerprint density at radius 3 is 2.62 bits per heavy atom. The zero-order valence-electron chi connectivity index (χ0n) is 10.7. The summed E-state index contributed by atoms with van der Waals surface area (Å²) in [6, 6.07) is 9.79. The van der Waals surface area contributed by atoms with Gasteiger partial charge in [-0.25, -0.2) is 9.18 Å². The van der Waals surface area contributed by atoms with Crippen LogP contribution in [0.4, 0.5) is 15.8 Å². The third-order valence-electron chi connectivity index (χ3n) is 2.87. The molecule has 2 aromatic rings. The summed E-state index contributed by atoms with van der Waals surface area (Å²) >= 11 is 0. The number of anilines is 1. The molecule has 0 radical (unpaired) electrons. The van der Waals surface area contributed by atoms with Gasteiger partial charge in [-0.15, -0.1) is 0 Å². The highest BCUT2D eigenvalue weighted by molar-refractivity contribution is 5.93. The third-order valence-corrected chi connectivity index (χ3v) is 2.87. The molecule has 0 unspecified atom stereocenters. The van der Waals surface area contributed by atoms with Crippen LogP contribution in [-0.4, -0.2) is 16.0 Å². The van der Waals surface area contributed by atoms with Gasteiger partial charge in [-0.05, 0) is 18.2 Å². The molecule has 0 aliphatic rings. The van der Waals surface area contributed by atoms with Crippen LogP contribution in [0.5, 0.6) is 0 Å². The quantitative estimate of drug-likeness (QED) is 0.652. The number of hydrogen-bond donors (Lipinski definition) is 2. The number of rotatable bonds is 5. The lowest BCUT2D eigenvalue weighted by Crippen LogP contribution is -2.05. The molecule has 0 bridgehead atoms. The van der Waals surface area contributed by atoms with Crippen molar-refractivity contribution in [3.63, 3.8) is 0 Å². The van der Waals surface area contributed by atoms with Gasteiger partial charge in [0.25, 0.3) is 5.69 Å². The minimum Gasteiger partial charge on any atom is -0.477 e. The van der Waals surface area contributed by atoms with Crippen molar-refractivity contribution in [2.24, 2.45) is 0 Å². The van der Waals surface area contributed by atoms with Gasteiger partial charge in [0.15, 0.2) is 0 Å². The smallest absolute Gasteiger partial charge is 0.342 e. The van der Waals surface area contributed by atoms with Gasteiger partial charge in [0.2, 0.25) is 0 Å². The SMILES string of the molecule is O=C(O)c1ccc(NCc2ccccc2F)cc1[N+](=O)[O-]. The van der Waals surface area contributed by atoms with Crippen LogP contribution in [0, 0.1) is 15.9 Å². The number of nitro groups is 1. The zero-order chi connectivity index (χ0) is 15.4. The number of aromatic carboxylic acids is 1. The standard InChI is InChI=1S/C14H11FN2O4/c15-12-4-2-1-3-9(12)8-16-10-5-6-11(14(18)19)13(7-10)17(20)21/h1-7,16H,8H2,(H,18,19). The van der Waals surface area contributed by atoms with E-state index in [-0.39, 0.29) is 12.4 Å². The first kappa shape index (κ1) is 14.4. The topological polar surface area (TPSA) is 92.5 Å². The third kappa shape index (κ3) is 3.33. The Kier molecular flexibility index (Phi) is 4.13. The van der Waals surface area contributed by atoms with Gasteiger partial charge in [-0.2, -0.15) is 0 Å². The number of benzene rings is 2. The molecule has 21 heavy (non-hydrogen) atoms. The van der Waals surface area contributed by atoms with E-state index in [1.54, 1.807) is 18.2 Å². The van der Waals surface area contributed by atoms with Gasteiger partial charge in [-0.1, -0.05) is 18.2 Å². The predicted molar refractivity (Wildman–Crippen MR) is 73.8 cm³/mol. The van der Waals surface area contributed by atoms with E-state index >= 15 is 0 Å². The van der Waals surface area contributed by atoms with Crippen molar-refractivity contribution in [3.05, 3.63) is 69.5 Å². The van der Waals surface area contributed by atoms with Crippen molar-refractivity contribution in [2.75, 3.05) is 5.32 Å². The van der Waals surface area contributed by atoms with Gasteiger partial charge in [0.1, 0.15) is 11.4 Å². The average Bonchev–Trinajstić information content (AvgIpc) is 2.46. The Labute approximate surface area is 119 Å². The molecule has 0 saturated heterocycles. The van der Waals surface area contributed by atoms with Crippen molar-refractivity contribution in [1.29, 1.82) is 0 Å². The lowest BCUT2D eigenvalue weighted by Gasteiger charge is -2.08. The van der Waals surface area contributed by atoms with E-state index in [9.17, 15) is 19.3 Å². The van der Waals surface area contributed by atoms with E-state index in [2.05, 4.69) is 5.32 Å². The number of halogens is 1. The normalized spacial score (nSPS) is 10.1. The zero-order valence-corrected chi connectivity index (χ0v) is 10.7. The van der Waals surface area contributed by atoms with Gasteiger partial charge in [0.05, 0.1) is 4.92 Å². The molecule has 0 atom stereocenters. The second kappa shape index (κ2) is 6.00. The molecule has 2 N–H and O–H groups in total. The second-order valence-electron chi connectivity index (χ2n) is 4.24. The molecule has 0 aromatic heterocycles. The lowest BCUT2D eigenvalue weighted by atomic mass is 10.1. The summed E-state index contributed by atoms with van der Waals surface area (Å²) in [6.45, 7) is 0.135. The molecule has 0 aliphatic carbocycles. The molecule has 0 aliphatic heterocycles. The summed E-state index contributed by atoms with van der Waals surface area (Å²) in [7, 11) is 0. The van der Waals surface area contributed by atoms with Crippen LogP contribution in [-0.2, 0) is 6.54 Å². The van der Waals surface area contributed by atoms with Crippen LogP contribution in [0.15, 0.2) is 42.5 Å². The fourth-order valence-corrected chi connectivity index (χ4v) is 1.81. The van der Waals surface area contributed by atoms with Gasteiger partial charge >= 0.3 is 5.97 Å².